The summed E-state index contributed by atoms with van der Waals surface area (Å²) < 4.78 is 5.84. The summed E-state index contributed by atoms with van der Waals surface area (Å²) >= 11 is 5.85. The van der Waals surface area contributed by atoms with E-state index in [2.05, 4.69) is 15.3 Å². The number of carbonyl (C=O) groups excluding carboxylic acids is 1. The van der Waals surface area contributed by atoms with Gasteiger partial charge in [0, 0.05) is 17.4 Å². The van der Waals surface area contributed by atoms with E-state index in [0.29, 0.717) is 23.6 Å². The lowest BCUT2D eigenvalue weighted by Crippen LogP contribution is -2.35. The number of fused-ring (bicyclic) bond motifs is 1. The Kier molecular flexibility index (Phi) is 3.53. The quantitative estimate of drug-likeness (QED) is 0.850. The molecule has 1 N–H and O–H groups in total. The fourth-order valence-corrected chi connectivity index (χ4v) is 2.70. The Bertz CT molecular complexity index is 739. The number of ether oxygens (including phenoxy) is 1. The molecule has 0 amide bonds. The number of rotatable bonds is 2. The van der Waals surface area contributed by atoms with E-state index in [-0.39, 0.29) is 11.1 Å². The van der Waals surface area contributed by atoms with Crippen LogP contribution in [0.1, 0.15) is 36.3 Å². The van der Waals surface area contributed by atoms with Crippen LogP contribution in [0.2, 0.25) is 5.28 Å². The van der Waals surface area contributed by atoms with E-state index in [1.54, 1.807) is 18.2 Å². The molecule has 114 valence electrons. The number of halogens is 1. The van der Waals surface area contributed by atoms with Crippen LogP contribution in [-0.2, 0) is 0 Å². The molecule has 1 aromatic heterocycles. The number of hydrogen-bond acceptors (Lipinski definition) is 5. The number of anilines is 2. The Morgan fingerprint density at radius 3 is 2.77 bits per heavy atom. The molecule has 0 radical (unpaired) electrons. The van der Waals surface area contributed by atoms with Gasteiger partial charge in [-0.25, -0.2) is 9.97 Å². The number of nitrogens with one attached hydrogen (secondary N) is 1. The van der Waals surface area contributed by atoms with Crippen LogP contribution in [0.5, 0.6) is 5.75 Å². The summed E-state index contributed by atoms with van der Waals surface area (Å²) in [5.41, 5.74) is 1.64. The standard InChI is InChI=1S/C16H16ClN3O2/c1-9-6-14(20-15(17)18-9)19-10-4-5-13-11(7-10)12(21)8-16(2,3)22-13/h4-7H,8H2,1-3H3,(H,18,19,20). The highest BCUT2D eigenvalue weighted by molar-refractivity contribution is 6.28. The SMILES string of the molecule is Cc1cc(Nc2ccc3c(c2)C(=O)CC(C)(C)O3)nc(Cl)n1. The highest BCUT2D eigenvalue weighted by Crippen LogP contribution is 2.35. The van der Waals surface area contributed by atoms with Gasteiger partial charge in [0.25, 0.3) is 0 Å². The number of aromatic nitrogens is 2. The van der Waals surface area contributed by atoms with E-state index in [9.17, 15) is 4.79 Å². The molecular weight excluding hydrogens is 302 g/mol. The smallest absolute Gasteiger partial charge is 0.224 e. The lowest BCUT2D eigenvalue weighted by molar-refractivity contribution is 0.0620. The third-order valence-corrected chi connectivity index (χ3v) is 3.52. The van der Waals surface area contributed by atoms with Crippen LogP contribution >= 0.6 is 11.6 Å². The van der Waals surface area contributed by atoms with Crippen molar-refractivity contribution in [3.63, 3.8) is 0 Å². The molecule has 0 bridgehead atoms. The van der Waals surface area contributed by atoms with Crippen molar-refractivity contribution in [1.29, 1.82) is 0 Å². The predicted molar refractivity (Wildman–Crippen MR) is 85.2 cm³/mol. The van der Waals surface area contributed by atoms with E-state index in [4.69, 9.17) is 16.3 Å². The first-order chi connectivity index (χ1) is 10.3. The second kappa shape index (κ2) is 5.25. The summed E-state index contributed by atoms with van der Waals surface area (Å²) in [7, 11) is 0. The largest absolute Gasteiger partial charge is 0.487 e. The Morgan fingerprint density at radius 1 is 1.27 bits per heavy atom. The Hall–Kier alpha value is -2.14. The van der Waals surface area contributed by atoms with Crippen molar-refractivity contribution in [2.75, 3.05) is 5.32 Å². The molecule has 0 fully saturated rings. The molecular formula is C16H16ClN3O2. The lowest BCUT2D eigenvalue weighted by Gasteiger charge is -2.31. The minimum absolute atomic E-state index is 0.0757. The van der Waals surface area contributed by atoms with Gasteiger partial charge < -0.3 is 10.1 Å². The van der Waals surface area contributed by atoms with Gasteiger partial charge in [-0.15, -0.1) is 0 Å². The number of benzene rings is 1. The minimum Gasteiger partial charge on any atom is -0.487 e. The zero-order chi connectivity index (χ0) is 15.9. The van der Waals surface area contributed by atoms with Crippen molar-refractivity contribution < 1.29 is 9.53 Å². The van der Waals surface area contributed by atoms with Crippen LogP contribution in [0.4, 0.5) is 11.5 Å². The summed E-state index contributed by atoms with van der Waals surface area (Å²) in [5.74, 6) is 1.28. The highest BCUT2D eigenvalue weighted by Gasteiger charge is 2.32. The summed E-state index contributed by atoms with van der Waals surface area (Å²) in [6.45, 7) is 5.66. The zero-order valence-corrected chi connectivity index (χ0v) is 13.4. The van der Waals surface area contributed by atoms with Gasteiger partial charge in [-0.05, 0) is 50.6 Å². The van der Waals surface area contributed by atoms with Crippen molar-refractivity contribution >= 4 is 28.9 Å². The van der Waals surface area contributed by atoms with Crippen molar-refractivity contribution in [2.45, 2.75) is 32.8 Å². The molecule has 2 aromatic rings. The second-order valence-electron chi connectivity index (χ2n) is 5.96. The van der Waals surface area contributed by atoms with E-state index >= 15 is 0 Å². The summed E-state index contributed by atoms with van der Waals surface area (Å²) in [6, 6.07) is 7.20. The average Bonchev–Trinajstić information content (AvgIpc) is 2.37. The van der Waals surface area contributed by atoms with E-state index in [0.717, 1.165) is 11.4 Å². The molecule has 1 aliphatic rings. The topological polar surface area (TPSA) is 64.1 Å². The van der Waals surface area contributed by atoms with Crippen molar-refractivity contribution in [1.82, 2.24) is 9.97 Å². The molecule has 6 heteroatoms. The Balaban J connectivity index is 1.91. The van der Waals surface area contributed by atoms with Crippen LogP contribution in [0.25, 0.3) is 0 Å². The molecule has 0 aliphatic carbocycles. The van der Waals surface area contributed by atoms with E-state index < -0.39 is 5.60 Å². The molecule has 5 nitrogen and oxygen atoms in total. The third-order valence-electron chi connectivity index (χ3n) is 3.35. The first-order valence-corrected chi connectivity index (χ1v) is 7.35. The van der Waals surface area contributed by atoms with E-state index in [1.165, 1.54) is 0 Å². The average molecular weight is 318 g/mol. The van der Waals surface area contributed by atoms with E-state index in [1.807, 2.05) is 26.8 Å². The van der Waals surface area contributed by atoms with Gasteiger partial charge >= 0.3 is 0 Å². The van der Waals surface area contributed by atoms with Crippen LogP contribution in [0.15, 0.2) is 24.3 Å². The number of carbonyl (C=O) groups is 1. The van der Waals surface area contributed by atoms with Gasteiger partial charge in [-0.3, -0.25) is 4.79 Å². The van der Waals surface area contributed by atoms with Crippen LogP contribution in [0, 0.1) is 6.92 Å². The number of hydrogen-bond donors (Lipinski definition) is 1. The highest BCUT2D eigenvalue weighted by atomic mass is 35.5. The normalized spacial score (nSPS) is 15.9. The molecule has 0 atom stereocenters. The monoisotopic (exact) mass is 317 g/mol. The molecule has 0 unspecified atom stereocenters. The maximum absolute atomic E-state index is 12.3. The maximum atomic E-state index is 12.3. The van der Waals surface area contributed by atoms with Gasteiger partial charge in [0.1, 0.15) is 17.2 Å². The van der Waals surface area contributed by atoms with Gasteiger partial charge in [-0.1, -0.05) is 0 Å². The first kappa shape index (κ1) is 14.8. The fraction of sp³-hybridized carbons (Fsp3) is 0.312. The van der Waals surface area contributed by atoms with Crippen LogP contribution in [0.3, 0.4) is 0 Å². The van der Waals surface area contributed by atoms with Crippen LogP contribution < -0.4 is 10.1 Å². The molecule has 2 heterocycles. The number of aryl methyl sites for hydroxylation is 1. The van der Waals surface area contributed by atoms with Crippen molar-refractivity contribution in [3.05, 3.63) is 40.8 Å². The molecule has 1 aromatic carbocycles. The second-order valence-corrected chi connectivity index (χ2v) is 6.30. The maximum Gasteiger partial charge on any atom is 0.224 e. The molecule has 0 saturated carbocycles. The van der Waals surface area contributed by atoms with Gasteiger partial charge in [-0.2, -0.15) is 0 Å². The fourth-order valence-electron chi connectivity index (χ4n) is 2.47. The first-order valence-electron chi connectivity index (χ1n) is 6.97. The van der Waals surface area contributed by atoms with Crippen molar-refractivity contribution in [3.8, 4) is 5.75 Å². The Morgan fingerprint density at radius 2 is 2.05 bits per heavy atom. The summed E-state index contributed by atoms with van der Waals surface area (Å²) in [4.78, 5) is 20.4. The molecule has 0 spiro atoms. The molecule has 0 saturated heterocycles. The Labute approximate surface area is 133 Å². The summed E-state index contributed by atoms with van der Waals surface area (Å²) in [5, 5.41) is 3.32. The van der Waals surface area contributed by atoms with Gasteiger partial charge in [0.15, 0.2) is 5.78 Å². The molecule has 1 aliphatic heterocycles. The summed E-state index contributed by atoms with van der Waals surface area (Å²) in [6.07, 6.45) is 0.363. The number of ketones is 1. The zero-order valence-electron chi connectivity index (χ0n) is 12.6. The molecule has 3 rings (SSSR count). The molecule has 22 heavy (non-hydrogen) atoms. The van der Waals surface area contributed by atoms with Gasteiger partial charge in [0.05, 0.1) is 12.0 Å². The number of Topliss-reactive ketones (excluding diaryl/α,β-unsaturated/α-hetero) is 1. The lowest BCUT2D eigenvalue weighted by atomic mass is 9.93. The number of nitrogens with zero attached hydrogens (tertiary/aromatic N) is 2. The third kappa shape index (κ3) is 3.04. The van der Waals surface area contributed by atoms with Gasteiger partial charge in [0.2, 0.25) is 5.28 Å². The minimum atomic E-state index is -0.462. The van der Waals surface area contributed by atoms with Crippen molar-refractivity contribution in [2.24, 2.45) is 0 Å². The van der Waals surface area contributed by atoms with Crippen LogP contribution in [-0.4, -0.2) is 21.4 Å². The predicted octanol–water partition coefficient (Wildman–Crippen LogP) is 3.93.